The van der Waals surface area contributed by atoms with Crippen LogP contribution in [0.2, 0.25) is 0 Å². The van der Waals surface area contributed by atoms with E-state index in [1.54, 1.807) is 11.3 Å². The topological polar surface area (TPSA) is 32.6 Å². The van der Waals surface area contributed by atoms with Gasteiger partial charge in [-0.1, -0.05) is 0 Å². The van der Waals surface area contributed by atoms with E-state index in [-0.39, 0.29) is 0 Å². The van der Waals surface area contributed by atoms with Crippen LogP contribution in [0, 0.1) is 0 Å². The molecule has 0 bridgehead atoms. The van der Waals surface area contributed by atoms with Crippen molar-refractivity contribution >= 4 is 33.2 Å². The van der Waals surface area contributed by atoms with Gasteiger partial charge in [0.1, 0.15) is 0 Å². The third kappa shape index (κ3) is 4.61. The van der Waals surface area contributed by atoms with Crippen molar-refractivity contribution in [2.75, 3.05) is 13.6 Å². The highest BCUT2D eigenvalue weighted by Crippen LogP contribution is 2.20. The van der Waals surface area contributed by atoms with Gasteiger partial charge in [-0.05, 0) is 41.1 Å². The number of rotatable bonds is 5. The Bertz CT molecular complexity index is 602. The summed E-state index contributed by atoms with van der Waals surface area (Å²) in [4.78, 5) is 8.13. The number of guanidine groups is 1. The van der Waals surface area contributed by atoms with E-state index in [0.717, 1.165) is 23.5 Å². The number of hydrogen-bond acceptors (Lipinski definition) is 2. The van der Waals surface area contributed by atoms with Crippen molar-refractivity contribution in [3.05, 3.63) is 44.8 Å². The number of halogens is 1. The molecule has 0 amide bonds. The van der Waals surface area contributed by atoms with Crippen LogP contribution in [0.15, 0.2) is 39.2 Å². The second-order valence-corrected chi connectivity index (χ2v) is 6.78. The molecule has 0 atom stereocenters. The molecule has 0 aliphatic heterocycles. The predicted molar refractivity (Wildman–Crippen MR) is 93.7 cm³/mol. The lowest BCUT2D eigenvalue weighted by Crippen LogP contribution is -2.38. The molecule has 0 saturated heterocycles. The number of aryl methyl sites for hydroxylation is 1. The van der Waals surface area contributed by atoms with Crippen molar-refractivity contribution in [3.8, 4) is 0 Å². The molecule has 2 aromatic rings. The first-order valence-electron chi connectivity index (χ1n) is 6.92. The van der Waals surface area contributed by atoms with Gasteiger partial charge in [0, 0.05) is 47.3 Å². The fourth-order valence-electron chi connectivity index (χ4n) is 2.04. The van der Waals surface area contributed by atoms with Crippen molar-refractivity contribution in [2.45, 2.75) is 20.0 Å². The third-order valence-corrected chi connectivity index (χ3v) is 4.84. The molecular formula is C15H21BrN4S. The summed E-state index contributed by atoms with van der Waals surface area (Å²) in [6, 6.07) is 6.32. The Morgan fingerprint density at radius 3 is 2.90 bits per heavy atom. The van der Waals surface area contributed by atoms with Crippen LogP contribution in [-0.2, 0) is 20.1 Å². The van der Waals surface area contributed by atoms with Gasteiger partial charge in [0.2, 0.25) is 0 Å². The molecule has 114 valence electrons. The van der Waals surface area contributed by atoms with Gasteiger partial charge in [0.25, 0.3) is 0 Å². The number of aromatic nitrogens is 1. The monoisotopic (exact) mass is 368 g/mol. The van der Waals surface area contributed by atoms with Crippen LogP contribution in [0.4, 0.5) is 0 Å². The van der Waals surface area contributed by atoms with Gasteiger partial charge in [-0.3, -0.25) is 0 Å². The van der Waals surface area contributed by atoms with Crippen molar-refractivity contribution in [1.29, 1.82) is 0 Å². The average molecular weight is 369 g/mol. The molecule has 4 nitrogen and oxygen atoms in total. The molecule has 0 aliphatic rings. The maximum Gasteiger partial charge on any atom is 0.194 e. The second kappa shape index (κ2) is 7.66. The fraction of sp³-hybridized carbons (Fsp3) is 0.400. The summed E-state index contributed by atoms with van der Waals surface area (Å²) < 4.78 is 3.26. The van der Waals surface area contributed by atoms with Gasteiger partial charge in [-0.2, -0.15) is 0 Å². The molecule has 0 unspecified atom stereocenters. The van der Waals surface area contributed by atoms with Crippen LogP contribution in [0.25, 0.3) is 0 Å². The first kappa shape index (κ1) is 16.1. The Balaban J connectivity index is 2.04. The quantitative estimate of drug-likeness (QED) is 0.647. The SMILES string of the molecule is CCNC(=NCc1cc(Br)cs1)N(C)Cc1cccn1C. The molecule has 2 aromatic heterocycles. The van der Waals surface area contributed by atoms with Crippen molar-refractivity contribution in [3.63, 3.8) is 0 Å². The molecule has 0 radical (unpaired) electrons. The van der Waals surface area contributed by atoms with E-state index >= 15 is 0 Å². The summed E-state index contributed by atoms with van der Waals surface area (Å²) in [5, 5.41) is 5.44. The number of nitrogens with zero attached hydrogens (tertiary/aromatic N) is 3. The number of hydrogen-bond donors (Lipinski definition) is 1. The zero-order valence-electron chi connectivity index (χ0n) is 12.6. The van der Waals surface area contributed by atoms with E-state index in [9.17, 15) is 0 Å². The standard InChI is InChI=1S/C15H21BrN4S/c1-4-17-15(18-9-14-8-12(16)11-21-14)20(3)10-13-6-5-7-19(13)2/h5-8,11H,4,9-10H2,1-3H3,(H,17,18). The molecule has 21 heavy (non-hydrogen) atoms. The Morgan fingerprint density at radius 1 is 1.52 bits per heavy atom. The summed E-state index contributed by atoms with van der Waals surface area (Å²) in [5.41, 5.74) is 1.27. The van der Waals surface area contributed by atoms with Gasteiger partial charge in [-0.15, -0.1) is 11.3 Å². The van der Waals surface area contributed by atoms with Gasteiger partial charge < -0.3 is 14.8 Å². The Morgan fingerprint density at radius 2 is 2.33 bits per heavy atom. The summed E-state index contributed by atoms with van der Waals surface area (Å²) in [5.74, 6) is 0.934. The normalized spacial score (nSPS) is 11.7. The Hall–Kier alpha value is -1.27. The number of thiophene rings is 1. The van der Waals surface area contributed by atoms with Gasteiger partial charge in [-0.25, -0.2) is 4.99 Å². The fourth-order valence-corrected chi connectivity index (χ4v) is 3.41. The zero-order valence-corrected chi connectivity index (χ0v) is 15.0. The van der Waals surface area contributed by atoms with E-state index in [2.05, 4.69) is 81.5 Å². The molecule has 1 N–H and O–H groups in total. The third-order valence-electron chi connectivity index (χ3n) is 3.15. The minimum absolute atomic E-state index is 0.704. The highest BCUT2D eigenvalue weighted by molar-refractivity contribution is 9.10. The highest BCUT2D eigenvalue weighted by atomic mass is 79.9. The van der Waals surface area contributed by atoms with Crippen LogP contribution in [-0.4, -0.2) is 29.0 Å². The Labute approximate surface area is 138 Å². The summed E-state index contributed by atoms with van der Waals surface area (Å²) in [6.45, 7) is 4.50. The molecule has 0 spiro atoms. The first-order valence-corrected chi connectivity index (χ1v) is 8.60. The minimum atomic E-state index is 0.704. The number of aliphatic imine (C=N–C) groups is 1. The van der Waals surface area contributed by atoms with Crippen LogP contribution in [0.1, 0.15) is 17.5 Å². The van der Waals surface area contributed by atoms with E-state index in [0.29, 0.717) is 6.54 Å². The van der Waals surface area contributed by atoms with Crippen LogP contribution < -0.4 is 5.32 Å². The van der Waals surface area contributed by atoms with E-state index < -0.39 is 0 Å². The average Bonchev–Trinajstić information content (AvgIpc) is 3.04. The molecule has 2 rings (SSSR count). The van der Waals surface area contributed by atoms with Gasteiger partial charge in [0.05, 0.1) is 13.1 Å². The minimum Gasteiger partial charge on any atom is -0.357 e. The lowest BCUT2D eigenvalue weighted by atomic mass is 10.4. The molecule has 6 heteroatoms. The van der Waals surface area contributed by atoms with Crippen molar-refractivity contribution < 1.29 is 0 Å². The summed E-state index contributed by atoms with van der Waals surface area (Å²) >= 11 is 5.20. The van der Waals surface area contributed by atoms with E-state index in [4.69, 9.17) is 4.99 Å². The van der Waals surface area contributed by atoms with Gasteiger partial charge in [0.15, 0.2) is 5.96 Å². The van der Waals surface area contributed by atoms with E-state index in [1.807, 2.05) is 0 Å². The smallest absolute Gasteiger partial charge is 0.194 e. The van der Waals surface area contributed by atoms with Crippen LogP contribution >= 0.6 is 27.3 Å². The second-order valence-electron chi connectivity index (χ2n) is 4.87. The molecule has 0 aromatic carbocycles. The lowest BCUT2D eigenvalue weighted by molar-refractivity contribution is 0.462. The Kier molecular flexibility index (Phi) is 5.87. The largest absolute Gasteiger partial charge is 0.357 e. The maximum atomic E-state index is 4.72. The van der Waals surface area contributed by atoms with Crippen molar-refractivity contribution in [1.82, 2.24) is 14.8 Å². The number of nitrogens with one attached hydrogen (secondary N) is 1. The molecule has 2 heterocycles. The van der Waals surface area contributed by atoms with Crippen molar-refractivity contribution in [2.24, 2.45) is 12.0 Å². The lowest BCUT2D eigenvalue weighted by Gasteiger charge is -2.22. The molecule has 0 saturated carbocycles. The molecule has 0 fully saturated rings. The first-order chi connectivity index (χ1) is 10.1. The van der Waals surface area contributed by atoms with Crippen LogP contribution in [0.5, 0.6) is 0 Å². The van der Waals surface area contributed by atoms with Gasteiger partial charge >= 0.3 is 0 Å². The molecule has 0 aliphatic carbocycles. The van der Waals surface area contributed by atoms with E-state index in [1.165, 1.54) is 10.6 Å². The molecular weight excluding hydrogens is 348 g/mol. The maximum absolute atomic E-state index is 4.72. The highest BCUT2D eigenvalue weighted by Gasteiger charge is 2.08. The van der Waals surface area contributed by atoms with Crippen LogP contribution in [0.3, 0.4) is 0 Å². The predicted octanol–water partition coefficient (Wildman–Crippen LogP) is 3.45. The summed E-state index contributed by atoms with van der Waals surface area (Å²) in [7, 11) is 4.13. The zero-order chi connectivity index (χ0) is 15.2. The summed E-state index contributed by atoms with van der Waals surface area (Å²) in [6.07, 6.45) is 2.07.